The van der Waals surface area contributed by atoms with E-state index in [-0.39, 0.29) is 15.6 Å². The number of rotatable bonds is 6. The lowest BCUT2D eigenvalue weighted by atomic mass is 10.1. The first-order valence-electron chi connectivity index (χ1n) is 8.56. The van der Waals surface area contributed by atoms with Crippen LogP contribution >= 0.6 is 34.5 Å². The van der Waals surface area contributed by atoms with Crippen LogP contribution in [0.5, 0.6) is 0 Å². The van der Waals surface area contributed by atoms with Gasteiger partial charge in [0.05, 0.1) is 21.3 Å². The Morgan fingerprint density at radius 1 is 1.16 bits per heavy atom. The number of hydrogen-bond acceptors (Lipinski definition) is 7. The lowest BCUT2D eigenvalue weighted by Gasteiger charge is -2.09. The molecule has 0 fully saturated rings. The first-order valence-corrected chi connectivity index (χ1v) is 11.7. The Bertz CT molecular complexity index is 1260. The van der Waals surface area contributed by atoms with Crippen molar-refractivity contribution in [2.24, 2.45) is 5.14 Å². The van der Waals surface area contributed by atoms with E-state index in [2.05, 4.69) is 10.3 Å². The molecule has 0 aliphatic heterocycles. The van der Waals surface area contributed by atoms with E-state index in [4.69, 9.17) is 33.1 Å². The third-order valence-corrected chi connectivity index (χ3v) is 6.43. The Labute approximate surface area is 192 Å². The molecule has 0 atom stereocenters. The van der Waals surface area contributed by atoms with E-state index in [0.717, 1.165) is 23.3 Å². The second-order valence-electron chi connectivity index (χ2n) is 6.34. The molecule has 0 unspecified atom stereocenters. The molecule has 3 N–H and O–H groups in total. The zero-order valence-electron chi connectivity index (χ0n) is 15.9. The Kier molecular flexibility index (Phi) is 6.97. The van der Waals surface area contributed by atoms with Gasteiger partial charge in [-0.2, -0.15) is 0 Å². The average Bonchev–Trinajstić information content (AvgIpc) is 3.14. The molecule has 0 saturated heterocycles. The van der Waals surface area contributed by atoms with E-state index in [9.17, 15) is 18.0 Å². The second kappa shape index (κ2) is 9.33. The molecule has 1 heterocycles. The fourth-order valence-corrected chi connectivity index (χ4v) is 4.59. The number of carbonyl (C=O) groups excluding carboxylic acids is 2. The van der Waals surface area contributed by atoms with Crippen LogP contribution in [0.3, 0.4) is 0 Å². The summed E-state index contributed by atoms with van der Waals surface area (Å²) in [6, 6.07) is 9.70. The summed E-state index contributed by atoms with van der Waals surface area (Å²) in [5.41, 5.74) is 2.42. The van der Waals surface area contributed by atoms with Crippen LogP contribution in [0.4, 0.5) is 5.13 Å². The summed E-state index contributed by atoms with van der Waals surface area (Å²) in [5.74, 6) is -1.64. The minimum Gasteiger partial charge on any atom is -0.452 e. The highest BCUT2D eigenvalue weighted by molar-refractivity contribution is 7.89. The Balaban J connectivity index is 1.64. The molecule has 3 aromatic rings. The SMILES string of the molecule is Cc1ccc(-c2csc(NC(=O)COC(=O)c3cc(S(N)(=O)=O)c(Cl)cc3Cl)n2)cc1. The predicted octanol–water partition coefficient (Wildman–Crippen LogP) is 3.87. The summed E-state index contributed by atoms with van der Waals surface area (Å²) in [6.07, 6.45) is 0. The number of benzene rings is 2. The molecule has 0 bridgehead atoms. The summed E-state index contributed by atoms with van der Waals surface area (Å²) in [5, 5.41) is 9.32. The van der Waals surface area contributed by atoms with Crippen LogP contribution in [-0.4, -0.2) is 31.9 Å². The smallest absolute Gasteiger partial charge is 0.340 e. The lowest BCUT2D eigenvalue weighted by Crippen LogP contribution is -2.21. The summed E-state index contributed by atoms with van der Waals surface area (Å²) in [6.45, 7) is 1.34. The highest BCUT2D eigenvalue weighted by Crippen LogP contribution is 2.29. The van der Waals surface area contributed by atoms with Gasteiger partial charge in [0.15, 0.2) is 11.7 Å². The first-order chi connectivity index (χ1) is 14.5. The number of sulfonamides is 1. The molecule has 0 spiro atoms. The predicted molar refractivity (Wildman–Crippen MR) is 119 cm³/mol. The third kappa shape index (κ3) is 5.81. The normalized spacial score (nSPS) is 11.2. The largest absolute Gasteiger partial charge is 0.452 e. The van der Waals surface area contributed by atoms with Crippen molar-refractivity contribution < 1.29 is 22.7 Å². The summed E-state index contributed by atoms with van der Waals surface area (Å²) in [4.78, 5) is 28.2. The zero-order valence-corrected chi connectivity index (χ0v) is 19.0. The van der Waals surface area contributed by atoms with Gasteiger partial charge in [-0.3, -0.25) is 10.1 Å². The highest BCUT2D eigenvalue weighted by atomic mass is 35.5. The second-order valence-corrected chi connectivity index (χ2v) is 9.54. The van der Waals surface area contributed by atoms with Crippen LogP contribution in [0.15, 0.2) is 46.7 Å². The molecule has 0 radical (unpaired) electrons. The van der Waals surface area contributed by atoms with Gasteiger partial charge in [-0.1, -0.05) is 53.0 Å². The minimum atomic E-state index is -4.19. The van der Waals surface area contributed by atoms with E-state index in [1.807, 2.05) is 31.2 Å². The maximum Gasteiger partial charge on any atom is 0.340 e. The number of halogens is 2. The summed E-state index contributed by atoms with van der Waals surface area (Å²) in [7, 11) is -4.19. The van der Waals surface area contributed by atoms with Crippen molar-refractivity contribution in [3.8, 4) is 11.3 Å². The number of nitrogens with zero attached hydrogens (tertiary/aromatic N) is 1. The van der Waals surface area contributed by atoms with Gasteiger partial charge < -0.3 is 4.74 Å². The van der Waals surface area contributed by atoms with Crippen LogP contribution in [0.25, 0.3) is 11.3 Å². The molecule has 12 heteroatoms. The van der Waals surface area contributed by atoms with Gasteiger partial charge in [0.25, 0.3) is 5.91 Å². The molecule has 8 nitrogen and oxygen atoms in total. The minimum absolute atomic E-state index is 0.148. The van der Waals surface area contributed by atoms with Crippen molar-refractivity contribution in [2.75, 3.05) is 11.9 Å². The quantitative estimate of drug-likeness (QED) is 0.495. The van der Waals surface area contributed by atoms with Crippen LogP contribution < -0.4 is 10.5 Å². The van der Waals surface area contributed by atoms with Crippen molar-refractivity contribution in [1.82, 2.24) is 4.98 Å². The van der Waals surface area contributed by atoms with E-state index in [1.54, 1.807) is 5.38 Å². The molecular weight excluding hydrogens is 485 g/mol. The number of nitrogens with one attached hydrogen (secondary N) is 1. The topological polar surface area (TPSA) is 128 Å². The summed E-state index contributed by atoms with van der Waals surface area (Å²) >= 11 is 12.9. The average molecular weight is 500 g/mol. The first kappa shape index (κ1) is 23.2. The highest BCUT2D eigenvalue weighted by Gasteiger charge is 2.21. The summed E-state index contributed by atoms with van der Waals surface area (Å²) < 4.78 is 28.0. The standard InChI is InChI=1S/C19H15Cl2N3O5S2/c1-10-2-4-11(5-3-10)15-9-30-19(23-15)24-17(25)8-29-18(26)12-6-16(31(22,27)28)14(21)7-13(12)20/h2-7,9H,8H2,1H3,(H2,22,27,28)(H,23,24,25). The van der Waals surface area contributed by atoms with Crippen LogP contribution in [0, 0.1) is 6.92 Å². The van der Waals surface area contributed by atoms with E-state index < -0.39 is 33.4 Å². The van der Waals surface area contributed by atoms with E-state index >= 15 is 0 Å². The molecular formula is C19H15Cl2N3O5S2. The number of amides is 1. The number of thiazole rings is 1. The molecule has 2 aromatic carbocycles. The molecule has 162 valence electrons. The number of ether oxygens (including phenoxy) is 1. The number of esters is 1. The van der Waals surface area contributed by atoms with Gasteiger partial charge in [0.1, 0.15) is 4.90 Å². The number of aryl methyl sites for hydroxylation is 1. The number of anilines is 1. The number of hydrogen-bond donors (Lipinski definition) is 2. The Morgan fingerprint density at radius 2 is 1.84 bits per heavy atom. The number of aromatic nitrogens is 1. The molecule has 0 aliphatic rings. The maximum absolute atomic E-state index is 12.3. The number of primary sulfonamides is 1. The molecule has 31 heavy (non-hydrogen) atoms. The van der Waals surface area contributed by atoms with Gasteiger partial charge in [-0.15, -0.1) is 11.3 Å². The van der Waals surface area contributed by atoms with E-state index in [0.29, 0.717) is 10.8 Å². The Hall–Kier alpha value is -2.50. The van der Waals surface area contributed by atoms with Gasteiger partial charge in [-0.05, 0) is 19.1 Å². The van der Waals surface area contributed by atoms with Gasteiger partial charge in [0, 0.05) is 10.9 Å². The third-order valence-electron chi connectivity index (χ3n) is 3.98. The van der Waals surface area contributed by atoms with Gasteiger partial charge in [0.2, 0.25) is 10.0 Å². The van der Waals surface area contributed by atoms with Crippen molar-refractivity contribution >= 4 is 61.6 Å². The fraction of sp³-hybridized carbons (Fsp3) is 0.105. The van der Waals surface area contributed by atoms with Crippen molar-refractivity contribution in [3.05, 3.63) is 63.0 Å². The molecule has 0 aliphatic carbocycles. The van der Waals surface area contributed by atoms with Crippen LogP contribution in [0.1, 0.15) is 15.9 Å². The van der Waals surface area contributed by atoms with Gasteiger partial charge in [-0.25, -0.2) is 23.3 Å². The van der Waals surface area contributed by atoms with Crippen molar-refractivity contribution in [3.63, 3.8) is 0 Å². The lowest BCUT2D eigenvalue weighted by molar-refractivity contribution is -0.119. The monoisotopic (exact) mass is 499 g/mol. The maximum atomic E-state index is 12.3. The molecule has 0 saturated carbocycles. The number of nitrogens with two attached hydrogens (primary N) is 1. The van der Waals surface area contributed by atoms with Crippen molar-refractivity contribution in [1.29, 1.82) is 0 Å². The zero-order chi connectivity index (χ0) is 22.8. The van der Waals surface area contributed by atoms with Crippen molar-refractivity contribution in [2.45, 2.75) is 11.8 Å². The molecule has 1 amide bonds. The molecule has 3 rings (SSSR count). The molecule has 1 aromatic heterocycles. The Morgan fingerprint density at radius 3 is 2.48 bits per heavy atom. The fourth-order valence-electron chi connectivity index (χ4n) is 2.46. The van der Waals surface area contributed by atoms with E-state index in [1.165, 1.54) is 11.3 Å². The van der Waals surface area contributed by atoms with Gasteiger partial charge >= 0.3 is 5.97 Å². The van der Waals surface area contributed by atoms with Crippen LogP contribution in [-0.2, 0) is 19.6 Å². The van der Waals surface area contributed by atoms with Crippen LogP contribution in [0.2, 0.25) is 10.0 Å². The number of carbonyl (C=O) groups is 2.